The normalized spacial score (nSPS) is 11.2. The predicted molar refractivity (Wildman–Crippen MR) is 72.5 cm³/mol. The molecule has 2 aromatic carbocycles. The highest BCUT2D eigenvalue weighted by atomic mass is 16.5. The molecular weight excluding hydrogens is 238 g/mol. The Morgan fingerprint density at radius 2 is 1.68 bits per heavy atom. The zero-order valence-electron chi connectivity index (χ0n) is 9.95. The summed E-state index contributed by atoms with van der Waals surface area (Å²) >= 11 is 0. The third-order valence-corrected chi connectivity index (χ3v) is 3.24. The minimum atomic E-state index is 0.784. The second kappa shape index (κ2) is 3.88. The largest absolute Gasteiger partial charge is 0.356 e. The van der Waals surface area contributed by atoms with Crippen LogP contribution in [0.2, 0.25) is 0 Å². The van der Waals surface area contributed by atoms with E-state index >= 15 is 0 Å². The lowest BCUT2D eigenvalue weighted by Crippen LogP contribution is -1.85. The van der Waals surface area contributed by atoms with Gasteiger partial charge in [-0.2, -0.15) is 0 Å². The summed E-state index contributed by atoms with van der Waals surface area (Å²) in [5.41, 5.74) is 3.89. The molecule has 4 nitrogen and oxygen atoms in total. The van der Waals surface area contributed by atoms with Gasteiger partial charge in [-0.1, -0.05) is 29.4 Å². The van der Waals surface area contributed by atoms with E-state index in [4.69, 9.17) is 4.52 Å². The molecule has 0 bridgehead atoms. The molecule has 90 valence electrons. The molecule has 19 heavy (non-hydrogen) atoms. The summed E-state index contributed by atoms with van der Waals surface area (Å²) in [6.45, 7) is 0. The molecule has 0 aliphatic heterocycles. The first-order valence-electron chi connectivity index (χ1n) is 5.96. The highest BCUT2D eigenvalue weighted by Crippen LogP contribution is 2.32. The Labute approximate surface area is 108 Å². The molecule has 0 spiro atoms. The minimum absolute atomic E-state index is 0.784. The molecule has 0 saturated carbocycles. The van der Waals surface area contributed by atoms with Gasteiger partial charge in [0, 0.05) is 17.0 Å². The molecule has 2 aromatic heterocycles. The van der Waals surface area contributed by atoms with Gasteiger partial charge in [0.25, 0.3) is 0 Å². The summed E-state index contributed by atoms with van der Waals surface area (Å²) in [6, 6.07) is 12.0. The lowest BCUT2D eigenvalue weighted by molar-refractivity contribution is 0.456. The van der Waals surface area contributed by atoms with Gasteiger partial charge in [-0.25, -0.2) is 9.97 Å². The van der Waals surface area contributed by atoms with Crippen molar-refractivity contribution in [1.82, 2.24) is 15.1 Å². The zero-order valence-corrected chi connectivity index (χ0v) is 9.95. The molecule has 0 unspecified atom stereocenters. The van der Waals surface area contributed by atoms with Gasteiger partial charge in [0.15, 0.2) is 5.58 Å². The lowest BCUT2D eigenvalue weighted by atomic mass is 9.99. The van der Waals surface area contributed by atoms with E-state index in [0.29, 0.717) is 0 Å². The van der Waals surface area contributed by atoms with E-state index in [0.717, 1.165) is 33.0 Å². The summed E-state index contributed by atoms with van der Waals surface area (Å²) in [5, 5.41) is 5.89. The van der Waals surface area contributed by atoms with Crippen LogP contribution in [0.1, 0.15) is 0 Å². The van der Waals surface area contributed by atoms with Crippen LogP contribution in [0.25, 0.3) is 33.0 Å². The Bertz CT molecular complexity index is 877. The second-order valence-corrected chi connectivity index (χ2v) is 4.30. The van der Waals surface area contributed by atoms with E-state index in [9.17, 15) is 0 Å². The fourth-order valence-electron chi connectivity index (χ4n) is 2.37. The van der Waals surface area contributed by atoms with Crippen molar-refractivity contribution in [3.05, 3.63) is 55.1 Å². The van der Waals surface area contributed by atoms with Crippen LogP contribution in [0.3, 0.4) is 0 Å². The highest BCUT2D eigenvalue weighted by molar-refractivity contribution is 6.02. The van der Waals surface area contributed by atoms with Crippen molar-refractivity contribution in [2.75, 3.05) is 0 Å². The summed E-state index contributed by atoms with van der Waals surface area (Å²) in [7, 11) is 0. The van der Waals surface area contributed by atoms with E-state index in [-0.39, 0.29) is 0 Å². The molecule has 4 aromatic rings. The van der Waals surface area contributed by atoms with Gasteiger partial charge >= 0.3 is 0 Å². The van der Waals surface area contributed by atoms with Crippen molar-refractivity contribution >= 4 is 21.9 Å². The third-order valence-electron chi connectivity index (χ3n) is 3.24. The maximum absolute atomic E-state index is 5.21. The number of aromatic nitrogens is 3. The first kappa shape index (κ1) is 10.2. The van der Waals surface area contributed by atoms with Crippen molar-refractivity contribution < 1.29 is 4.52 Å². The first-order chi connectivity index (χ1) is 9.43. The fraction of sp³-hybridized carbons (Fsp3) is 0. The van der Waals surface area contributed by atoms with Crippen LogP contribution in [-0.4, -0.2) is 15.1 Å². The average Bonchev–Trinajstić information content (AvgIpc) is 2.95. The molecule has 4 heteroatoms. The molecule has 0 atom stereocenters. The SMILES string of the molecule is c1cc(-c2cccc3oncc23)c2cncnc2c1. The predicted octanol–water partition coefficient (Wildman–Crippen LogP) is 3.44. The van der Waals surface area contributed by atoms with Crippen LogP contribution >= 0.6 is 0 Å². The average molecular weight is 247 g/mol. The fourth-order valence-corrected chi connectivity index (χ4v) is 2.37. The summed E-state index contributed by atoms with van der Waals surface area (Å²) in [4.78, 5) is 8.40. The molecule has 2 heterocycles. The van der Waals surface area contributed by atoms with Crippen LogP contribution < -0.4 is 0 Å². The monoisotopic (exact) mass is 247 g/mol. The van der Waals surface area contributed by atoms with Crippen LogP contribution in [-0.2, 0) is 0 Å². The van der Waals surface area contributed by atoms with Crippen molar-refractivity contribution in [2.45, 2.75) is 0 Å². The Morgan fingerprint density at radius 3 is 2.63 bits per heavy atom. The van der Waals surface area contributed by atoms with Gasteiger partial charge in [-0.15, -0.1) is 0 Å². The first-order valence-corrected chi connectivity index (χ1v) is 5.96. The minimum Gasteiger partial charge on any atom is -0.356 e. The Morgan fingerprint density at radius 1 is 0.842 bits per heavy atom. The maximum Gasteiger partial charge on any atom is 0.167 e. The third kappa shape index (κ3) is 1.50. The van der Waals surface area contributed by atoms with Crippen LogP contribution in [0.5, 0.6) is 0 Å². The molecule has 0 aliphatic carbocycles. The van der Waals surface area contributed by atoms with Crippen molar-refractivity contribution in [3.8, 4) is 11.1 Å². The molecule has 0 saturated heterocycles. The summed E-state index contributed by atoms with van der Waals surface area (Å²) < 4.78 is 5.21. The Hall–Kier alpha value is -2.75. The summed E-state index contributed by atoms with van der Waals surface area (Å²) in [5.74, 6) is 0. The van der Waals surface area contributed by atoms with Crippen molar-refractivity contribution in [1.29, 1.82) is 0 Å². The maximum atomic E-state index is 5.21. The van der Waals surface area contributed by atoms with E-state index in [1.165, 1.54) is 0 Å². The van der Waals surface area contributed by atoms with E-state index in [1.807, 2.05) is 30.5 Å². The molecule has 0 radical (unpaired) electrons. The van der Waals surface area contributed by atoms with Gasteiger partial charge in [-0.3, -0.25) is 0 Å². The standard InChI is InChI=1S/C15H9N3O/c1-3-10(12-7-16-9-17-14(12)5-1)11-4-2-6-15-13(11)8-18-19-15/h1-9H. The van der Waals surface area contributed by atoms with Crippen molar-refractivity contribution in [3.63, 3.8) is 0 Å². The highest BCUT2D eigenvalue weighted by Gasteiger charge is 2.09. The van der Waals surface area contributed by atoms with Gasteiger partial charge in [-0.05, 0) is 23.3 Å². The summed E-state index contributed by atoms with van der Waals surface area (Å²) in [6.07, 6.45) is 5.14. The van der Waals surface area contributed by atoms with Crippen LogP contribution in [0.4, 0.5) is 0 Å². The smallest absolute Gasteiger partial charge is 0.167 e. The number of nitrogens with zero attached hydrogens (tertiary/aromatic N) is 3. The van der Waals surface area contributed by atoms with E-state index in [2.05, 4.69) is 27.3 Å². The number of fused-ring (bicyclic) bond motifs is 2. The molecule has 0 N–H and O–H groups in total. The van der Waals surface area contributed by atoms with Gasteiger partial charge in [0.2, 0.25) is 0 Å². The second-order valence-electron chi connectivity index (χ2n) is 4.30. The number of rotatable bonds is 1. The number of hydrogen-bond acceptors (Lipinski definition) is 4. The Kier molecular flexibility index (Phi) is 2.08. The quantitative estimate of drug-likeness (QED) is 0.517. The number of hydrogen-bond donors (Lipinski definition) is 0. The lowest BCUT2D eigenvalue weighted by Gasteiger charge is -2.06. The van der Waals surface area contributed by atoms with Gasteiger partial charge < -0.3 is 4.52 Å². The molecule has 0 fully saturated rings. The molecule has 4 rings (SSSR count). The van der Waals surface area contributed by atoms with Crippen LogP contribution in [0, 0.1) is 0 Å². The zero-order chi connectivity index (χ0) is 12.7. The van der Waals surface area contributed by atoms with Gasteiger partial charge in [0.1, 0.15) is 6.33 Å². The van der Waals surface area contributed by atoms with Crippen molar-refractivity contribution in [2.24, 2.45) is 0 Å². The number of benzene rings is 2. The van der Waals surface area contributed by atoms with E-state index < -0.39 is 0 Å². The topological polar surface area (TPSA) is 51.8 Å². The van der Waals surface area contributed by atoms with Crippen LogP contribution in [0.15, 0.2) is 59.6 Å². The van der Waals surface area contributed by atoms with Gasteiger partial charge in [0.05, 0.1) is 11.7 Å². The molecular formula is C15H9N3O. The Balaban J connectivity index is 2.12. The molecule has 0 amide bonds. The molecule has 0 aliphatic rings. The van der Waals surface area contributed by atoms with E-state index in [1.54, 1.807) is 12.5 Å².